The lowest BCUT2D eigenvalue weighted by Crippen LogP contribution is -2.49. The van der Waals surface area contributed by atoms with Crippen molar-refractivity contribution < 1.29 is 4.79 Å². The van der Waals surface area contributed by atoms with Crippen molar-refractivity contribution in [3.05, 3.63) is 66.0 Å². The van der Waals surface area contributed by atoms with Crippen LogP contribution in [0.2, 0.25) is 0 Å². The fourth-order valence-corrected chi connectivity index (χ4v) is 1.97. The summed E-state index contributed by atoms with van der Waals surface area (Å²) in [5, 5.41) is 2.89. The molecule has 0 saturated carbocycles. The van der Waals surface area contributed by atoms with Gasteiger partial charge in [0.2, 0.25) is 5.91 Å². The minimum Gasteiger partial charge on any atom is -0.354 e. The Morgan fingerprint density at radius 2 is 1.81 bits per heavy atom. The molecule has 1 aromatic heterocycles. The van der Waals surface area contributed by atoms with Crippen LogP contribution in [-0.4, -0.2) is 17.4 Å². The summed E-state index contributed by atoms with van der Waals surface area (Å²) in [4.78, 5) is 16.2. The molecule has 1 aromatic carbocycles. The molecule has 1 atom stereocenters. The van der Waals surface area contributed by atoms with Gasteiger partial charge in [0.25, 0.3) is 0 Å². The van der Waals surface area contributed by atoms with Crippen LogP contribution in [0.1, 0.15) is 18.1 Å². The molecule has 0 aliphatic carbocycles. The van der Waals surface area contributed by atoms with Crippen LogP contribution in [0.15, 0.2) is 54.9 Å². The molecule has 1 heterocycles. The van der Waals surface area contributed by atoms with Gasteiger partial charge in [-0.3, -0.25) is 9.78 Å². The predicted molar refractivity (Wildman–Crippen MR) is 86.2 cm³/mol. The van der Waals surface area contributed by atoms with Gasteiger partial charge in [0.05, 0.1) is 0 Å². The first kappa shape index (κ1) is 17.1. The highest BCUT2D eigenvalue weighted by atomic mass is 35.5. The highest BCUT2D eigenvalue weighted by Gasteiger charge is 2.29. The summed E-state index contributed by atoms with van der Waals surface area (Å²) >= 11 is 0. The van der Waals surface area contributed by atoms with E-state index < -0.39 is 5.54 Å². The number of amides is 1. The fraction of sp³-hybridized carbons (Fsp3) is 0.250. The maximum atomic E-state index is 12.2. The van der Waals surface area contributed by atoms with Gasteiger partial charge in [-0.1, -0.05) is 30.3 Å². The number of nitrogens with two attached hydrogens (primary N) is 1. The van der Waals surface area contributed by atoms with Gasteiger partial charge in [-0.2, -0.15) is 0 Å². The number of carbonyl (C=O) groups is 1. The van der Waals surface area contributed by atoms with Crippen LogP contribution in [-0.2, 0) is 16.8 Å². The first-order chi connectivity index (χ1) is 9.60. The lowest BCUT2D eigenvalue weighted by atomic mass is 9.92. The summed E-state index contributed by atoms with van der Waals surface area (Å²) in [7, 11) is 0. The van der Waals surface area contributed by atoms with Gasteiger partial charge in [-0.25, -0.2) is 0 Å². The summed E-state index contributed by atoms with van der Waals surface area (Å²) in [6.45, 7) is 2.28. The van der Waals surface area contributed by atoms with Crippen molar-refractivity contribution >= 4 is 18.3 Å². The number of benzene rings is 1. The fourth-order valence-electron chi connectivity index (χ4n) is 1.97. The standard InChI is InChI=1S/C16H19N3O.ClH/c1-16(17,14-5-3-2-4-6-14)15(20)19-12-9-13-7-10-18-11-8-13;/h2-8,10-11H,9,12,17H2,1H3,(H,19,20);1H. The summed E-state index contributed by atoms with van der Waals surface area (Å²) in [5.41, 5.74) is 7.07. The van der Waals surface area contributed by atoms with Crippen molar-refractivity contribution in [2.45, 2.75) is 18.9 Å². The smallest absolute Gasteiger partial charge is 0.244 e. The molecule has 3 N–H and O–H groups in total. The lowest BCUT2D eigenvalue weighted by Gasteiger charge is -2.24. The Hall–Kier alpha value is -1.91. The highest BCUT2D eigenvalue weighted by Crippen LogP contribution is 2.17. The summed E-state index contributed by atoms with van der Waals surface area (Å²) in [6, 6.07) is 13.3. The first-order valence-electron chi connectivity index (χ1n) is 6.62. The number of nitrogens with zero attached hydrogens (tertiary/aromatic N) is 1. The van der Waals surface area contributed by atoms with Gasteiger partial charge in [-0.15, -0.1) is 12.4 Å². The zero-order chi connectivity index (χ0) is 14.4. The number of carbonyl (C=O) groups excluding carboxylic acids is 1. The van der Waals surface area contributed by atoms with E-state index >= 15 is 0 Å². The molecule has 0 fully saturated rings. The van der Waals surface area contributed by atoms with Crippen LogP contribution in [0.25, 0.3) is 0 Å². The molecule has 0 aliphatic heterocycles. The van der Waals surface area contributed by atoms with Crippen molar-refractivity contribution in [3.8, 4) is 0 Å². The number of rotatable bonds is 5. The van der Waals surface area contributed by atoms with Gasteiger partial charge < -0.3 is 11.1 Å². The van der Waals surface area contributed by atoms with Gasteiger partial charge in [0.15, 0.2) is 0 Å². The van der Waals surface area contributed by atoms with Crippen molar-refractivity contribution in [3.63, 3.8) is 0 Å². The quantitative estimate of drug-likeness (QED) is 0.888. The van der Waals surface area contributed by atoms with E-state index in [1.54, 1.807) is 19.3 Å². The van der Waals surface area contributed by atoms with Crippen LogP contribution in [0.3, 0.4) is 0 Å². The maximum Gasteiger partial charge on any atom is 0.244 e. The number of halogens is 1. The maximum absolute atomic E-state index is 12.2. The molecule has 21 heavy (non-hydrogen) atoms. The van der Waals surface area contributed by atoms with E-state index in [9.17, 15) is 4.79 Å². The van der Waals surface area contributed by atoms with Crippen LogP contribution < -0.4 is 11.1 Å². The average Bonchev–Trinajstić information content (AvgIpc) is 2.49. The molecular weight excluding hydrogens is 286 g/mol. The second kappa shape index (κ2) is 7.76. The Bertz CT molecular complexity index is 558. The van der Waals surface area contributed by atoms with E-state index in [-0.39, 0.29) is 18.3 Å². The average molecular weight is 306 g/mol. The van der Waals surface area contributed by atoms with Crippen molar-refractivity contribution in [1.29, 1.82) is 0 Å². The number of pyridine rings is 1. The third-order valence-corrected chi connectivity index (χ3v) is 3.29. The van der Waals surface area contributed by atoms with E-state index in [1.807, 2.05) is 42.5 Å². The molecule has 5 heteroatoms. The number of aromatic nitrogens is 1. The Kier molecular flexibility index (Phi) is 6.34. The van der Waals surface area contributed by atoms with Gasteiger partial charge >= 0.3 is 0 Å². The summed E-state index contributed by atoms with van der Waals surface area (Å²) in [6.07, 6.45) is 4.25. The highest BCUT2D eigenvalue weighted by molar-refractivity contribution is 5.87. The summed E-state index contributed by atoms with van der Waals surface area (Å²) in [5.74, 6) is -0.169. The van der Waals surface area contributed by atoms with E-state index in [0.29, 0.717) is 6.54 Å². The SMILES string of the molecule is CC(N)(C(=O)NCCc1ccncc1)c1ccccc1.Cl. The normalized spacial score (nSPS) is 12.9. The Balaban J connectivity index is 0.00000220. The molecule has 112 valence electrons. The van der Waals surface area contributed by atoms with Crippen LogP contribution in [0.4, 0.5) is 0 Å². The number of hydrogen-bond acceptors (Lipinski definition) is 3. The van der Waals surface area contributed by atoms with Crippen LogP contribution in [0.5, 0.6) is 0 Å². The molecule has 1 amide bonds. The molecule has 0 aliphatic rings. The first-order valence-corrected chi connectivity index (χ1v) is 6.62. The molecule has 0 radical (unpaired) electrons. The molecular formula is C16H20ClN3O. The third-order valence-electron chi connectivity index (χ3n) is 3.29. The van der Waals surface area contributed by atoms with Crippen molar-refractivity contribution in [1.82, 2.24) is 10.3 Å². The van der Waals surface area contributed by atoms with Crippen LogP contribution in [0, 0.1) is 0 Å². The van der Waals surface area contributed by atoms with Gasteiger partial charge in [-0.05, 0) is 36.6 Å². The molecule has 1 unspecified atom stereocenters. The van der Waals surface area contributed by atoms with Crippen molar-refractivity contribution in [2.75, 3.05) is 6.54 Å². The lowest BCUT2D eigenvalue weighted by molar-refractivity contribution is -0.126. The largest absolute Gasteiger partial charge is 0.354 e. The zero-order valence-corrected chi connectivity index (χ0v) is 12.8. The summed E-state index contributed by atoms with van der Waals surface area (Å²) < 4.78 is 0. The van der Waals surface area contributed by atoms with E-state index in [0.717, 1.165) is 17.5 Å². The predicted octanol–water partition coefficient (Wildman–Crippen LogP) is 2.04. The van der Waals surface area contributed by atoms with Gasteiger partial charge in [0, 0.05) is 18.9 Å². The Morgan fingerprint density at radius 1 is 1.19 bits per heavy atom. The van der Waals surface area contributed by atoms with Gasteiger partial charge in [0.1, 0.15) is 5.54 Å². The van der Waals surface area contributed by atoms with E-state index in [4.69, 9.17) is 5.73 Å². The second-order valence-electron chi connectivity index (χ2n) is 4.93. The molecule has 0 spiro atoms. The third kappa shape index (κ3) is 4.55. The van der Waals surface area contributed by atoms with Crippen molar-refractivity contribution in [2.24, 2.45) is 5.73 Å². The minimum absolute atomic E-state index is 0. The van der Waals surface area contributed by atoms with E-state index in [2.05, 4.69) is 10.3 Å². The molecule has 2 rings (SSSR count). The molecule has 0 saturated heterocycles. The Labute approximate surface area is 131 Å². The minimum atomic E-state index is -1.01. The van der Waals surface area contributed by atoms with Crippen LogP contribution >= 0.6 is 12.4 Å². The number of hydrogen-bond donors (Lipinski definition) is 2. The molecule has 0 bridgehead atoms. The molecule has 4 nitrogen and oxygen atoms in total. The molecule has 2 aromatic rings. The zero-order valence-electron chi connectivity index (χ0n) is 12.0. The monoisotopic (exact) mass is 305 g/mol. The topological polar surface area (TPSA) is 68.0 Å². The second-order valence-corrected chi connectivity index (χ2v) is 4.93. The number of nitrogens with one attached hydrogen (secondary N) is 1. The Morgan fingerprint density at radius 3 is 2.43 bits per heavy atom. The van der Waals surface area contributed by atoms with E-state index in [1.165, 1.54) is 0 Å².